The van der Waals surface area contributed by atoms with Gasteiger partial charge in [-0.2, -0.15) is 0 Å². The molecule has 0 saturated heterocycles. The molecular weight excluding hydrogens is 342 g/mol. The third-order valence-corrected chi connectivity index (χ3v) is 3.90. The number of benzene rings is 2. The number of ether oxygens (including phenoxy) is 1. The van der Waals surface area contributed by atoms with Crippen LogP contribution in [-0.2, 0) is 0 Å². The average Bonchev–Trinajstić information content (AvgIpc) is 3.05. The van der Waals surface area contributed by atoms with Gasteiger partial charge in [0.15, 0.2) is 11.7 Å². The number of fused-ring (bicyclic) bond motifs is 1. The van der Waals surface area contributed by atoms with E-state index >= 15 is 0 Å². The molecule has 6 N–H and O–H groups in total. The van der Waals surface area contributed by atoms with E-state index in [1.54, 1.807) is 30.3 Å². The van der Waals surface area contributed by atoms with Crippen molar-refractivity contribution in [1.82, 2.24) is 10.3 Å². The fraction of sp³-hybridized carbons (Fsp3) is 0.0588. The van der Waals surface area contributed by atoms with Crippen LogP contribution >= 0.6 is 11.6 Å². The smallest absolute Gasteiger partial charge is 0.274 e. The van der Waals surface area contributed by atoms with Crippen molar-refractivity contribution in [3.05, 3.63) is 53.2 Å². The Bertz CT molecular complexity index is 980. The summed E-state index contributed by atoms with van der Waals surface area (Å²) in [7, 11) is 1.48. The Morgan fingerprint density at radius 1 is 1.24 bits per heavy atom. The molecule has 128 valence electrons. The molecule has 0 saturated carbocycles. The van der Waals surface area contributed by atoms with Crippen molar-refractivity contribution < 1.29 is 9.53 Å². The number of para-hydroxylation sites is 2. The molecule has 0 bridgehead atoms. The van der Waals surface area contributed by atoms with Crippen LogP contribution in [0.15, 0.2) is 47.5 Å². The molecule has 7 nitrogen and oxygen atoms in total. The number of rotatable bonds is 3. The number of nitrogen functional groups attached to an aromatic ring is 1. The molecule has 25 heavy (non-hydrogen) atoms. The molecule has 0 spiro atoms. The summed E-state index contributed by atoms with van der Waals surface area (Å²) in [4.78, 5) is 18.9. The molecule has 3 aromatic rings. The van der Waals surface area contributed by atoms with Gasteiger partial charge < -0.3 is 21.2 Å². The topological polar surface area (TPSA) is 119 Å². The molecule has 1 heterocycles. The Morgan fingerprint density at radius 2 is 2.00 bits per heavy atom. The molecule has 0 unspecified atom stereocenters. The van der Waals surface area contributed by atoms with Crippen molar-refractivity contribution in [2.24, 2.45) is 10.7 Å². The number of nitrogens with zero attached hydrogens (tertiary/aromatic N) is 1. The molecule has 0 radical (unpaired) electrons. The van der Waals surface area contributed by atoms with Crippen LogP contribution in [0.4, 0.5) is 5.69 Å². The minimum Gasteiger partial charge on any atom is -0.453 e. The summed E-state index contributed by atoms with van der Waals surface area (Å²) in [5, 5.41) is 3.58. The molecule has 8 heteroatoms. The minimum absolute atomic E-state index is 0.0169. The van der Waals surface area contributed by atoms with Crippen LogP contribution in [0.1, 0.15) is 10.5 Å². The molecular formula is C17H16ClN5O2. The van der Waals surface area contributed by atoms with E-state index in [9.17, 15) is 4.79 Å². The highest BCUT2D eigenvalue weighted by Gasteiger charge is 2.16. The van der Waals surface area contributed by atoms with Crippen LogP contribution < -0.4 is 21.5 Å². The Morgan fingerprint density at radius 3 is 2.72 bits per heavy atom. The van der Waals surface area contributed by atoms with Crippen molar-refractivity contribution in [2.75, 3.05) is 12.8 Å². The van der Waals surface area contributed by atoms with Crippen molar-refractivity contribution in [3.63, 3.8) is 0 Å². The van der Waals surface area contributed by atoms with Gasteiger partial charge in [-0.25, -0.2) is 0 Å². The quantitative estimate of drug-likeness (QED) is 0.327. The maximum absolute atomic E-state index is 12.2. The van der Waals surface area contributed by atoms with Crippen molar-refractivity contribution in [2.45, 2.75) is 0 Å². The zero-order valence-corrected chi connectivity index (χ0v) is 14.1. The number of halogens is 1. The number of hydrogen-bond donors (Lipinski definition) is 4. The van der Waals surface area contributed by atoms with Crippen molar-refractivity contribution in [3.8, 4) is 11.5 Å². The number of amides is 1. The summed E-state index contributed by atoms with van der Waals surface area (Å²) in [6.45, 7) is 0. The van der Waals surface area contributed by atoms with Gasteiger partial charge in [-0.3, -0.25) is 15.1 Å². The van der Waals surface area contributed by atoms with Crippen molar-refractivity contribution >= 4 is 40.1 Å². The summed E-state index contributed by atoms with van der Waals surface area (Å²) in [6, 6.07) is 12.1. The molecule has 0 aliphatic heterocycles. The Labute approximate surface area is 148 Å². The number of aliphatic imine (C=N–C) groups is 1. The van der Waals surface area contributed by atoms with Crippen LogP contribution in [0, 0.1) is 0 Å². The second-order valence-electron chi connectivity index (χ2n) is 5.22. The Hall–Kier alpha value is -3.19. The van der Waals surface area contributed by atoms with Crippen molar-refractivity contribution in [1.29, 1.82) is 0 Å². The summed E-state index contributed by atoms with van der Waals surface area (Å²) in [5.74, 6) is 0.589. The second kappa shape index (κ2) is 6.74. The van der Waals surface area contributed by atoms with Gasteiger partial charge in [-0.15, -0.1) is 0 Å². The number of nitrogens with two attached hydrogens (primary N) is 2. The number of anilines is 1. The monoisotopic (exact) mass is 357 g/mol. The first kappa shape index (κ1) is 16.7. The summed E-state index contributed by atoms with van der Waals surface area (Å²) < 4.78 is 5.88. The van der Waals surface area contributed by atoms with Crippen LogP contribution in [0.25, 0.3) is 10.9 Å². The van der Waals surface area contributed by atoms with E-state index in [1.807, 2.05) is 12.1 Å². The highest BCUT2D eigenvalue weighted by atomic mass is 35.5. The summed E-state index contributed by atoms with van der Waals surface area (Å²) >= 11 is 6.23. The van der Waals surface area contributed by atoms with Gasteiger partial charge in [0, 0.05) is 12.4 Å². The number of aromatic amines is 1. The predicted octanol–water partition coefficient (Wildman–Crippen LogP) is 2.87. The number of carbonyl (C=O) groups excluding carboxylic acids is 1. The van der Waals surface area contributed by atoms with E-state index in [0.29, 0.717) is 33.1 Å². The third kappa shape index (κ3) is 3.36. The molecule has 1 aromatic heterocycles. The maximum Gasteiger partial charge on any atom is 0.274 e. The SMILES string of the molecule is CN=C(N)NC(=O)c1cc2c(Cl)ccc(Oc3ccccc3N)c2[nH]1. The van der Waals surface area contributed by atoms with Gasteiger partial charge in [0.05, 0.1) is 16.2 Å². The first-order valence-electron chi connectivity index (χ1n) is 7.36. The molecule has 0 aliphatic rings. The van der Waals surface area contributed by atoms with Crippen LogP contribution in [0.2, 0.25) is 5.02 Å². The van der Waals surface area contributed by atoms with E-state index in [0.717, 1.165) is 0 Å². The van der Waals surface area contributed by atoms with Gasteiger partial charge in [-0.05, 0) is 30.3 Å². The zero-order chi connectivity index (χ0) is 18.0. The van der Waals surface area contributed by atoms with Crippen LogP contribution in [-0.4, -0.2) is 23.9 Å². The van der Waals surface area contributed by atoms with Gasteiger partial charge in [0.2, 0.25) is 0 Å². The molecule has 0 aliphatic carbocycles. The van der Waals surface area contributed by atoms with E-state index in [-0.39, 0.29) is 11.7 Å². The average molecular weight is 358 g/mol. The molecule has 2 aromatic carbocycles. The number of hydrogen-bond acceptors (Lipinski definition) is 4. The number of nitrogens with one attached hydrogen (secondary N) is 2. The van der Waals surface area contributed by atoms with E-state index < -0.39 is 5.91 Å². The minimum atomic E-state index is -0.430. The first-order valence-corrected chi connectivity index (χ1v) is 7.74. The molecule has 3 rings (SSSR count). The van der Waals surface area contributed by atoms with Gasteiger partial charge in [-0.1, -0.05) is 23.7 Å². The van der Waals surface area contributed by atoms with E-state index in [4.69, 9.17) is 27.8 Å². The summed E-state index contributed by atoms with van der Waals surface area (Å²) in [5.41, 5.74) is 12.8. The molecule has 0 fully saturated rings. The number of H-pyrrole nitrogens is 1. The lowest BCUT2D eigenvalue weighted by Gasteiger charge is -2.09. The van der Waals surface area contributed by atoms with Gasteiger partial charge >= 0.3 is 0 Å². The number of aromatic nitrogens is 1. The third-order valence-electron chi connectivity index (χ3n) is 3.57. The van der Waals surface area contributed by atoms with Crippen LogP contribution in [0.3, 0.4) is 0 Å². The largest absolute Gasteiger partial charge is 0.453 e. The lowest BCUT2D eigenvalue weighted by Crippen LogP contribution is -2.36. The second-order valence-corrected chi connectivity index (χ2v) is 5.63. The van der Waals surface area contributed by atoms with E-state index in [2.05, 4.69) is 15.3 Å². The van der Waals surface area contributed by atoms with Gasteiger partial charge in [0.1, 0.15) is 11.4 Å². The highest BCUT2D eigenvalue weighted by molar-refractivity contribution is 6.36. The standard InChI is InChI=1S/C17H16ClN5O2/c1-21-17(20)23-16(24)12-8-9-10(18)6-7-14(15(9)22-12)25-13-5-3-2-4-11(13)19/h2-8,22H,19H2,1H3,(H3,20,21,23,24). The fourth-order valence-corrected chi connectivity index (χ4v) is 2.51. The first-order chi connectivity index (χ1) is 12.0. The Kier molecular flexibility index (Phi) is 4.49. The molecule has 1 amide bonds. The summed E-state index contributed by atoms with van der Waals surface area (Å²) in [6.07, 6.45) is 0. The van der Waals surface area contributed by atoms with Crippen LogP contribution in [0.5, 0.6) is 11.5 Å². The van der Waals surface area contributed by atoms with E-state index in [1.165, 1.54) is 7.05 Å². The zero-order valence-electron chi connectivity index (χ0n) is 13.3. The fourth-order valence-electron chi connectivity index (χ4n) is 2.30. The lowest BCUT2D eigenvalue weighted by atomic mass is 10.2. The normalized spacial score (nSPS) is 11.5. The number of carbonyl (C=O) groups is 1. The Balaban J connectivity index is 2.02. The molecule has 0 atom stereocenters. The lowest BCUT2D eigenvalue weighted by molar-refractivity contribution is 0.0972. The highest BCUT2D eigenvalue weighted by Crippen LogP contribution is 2.35. The number of guanidine groups is 1. The predicted molar refractivity (Wildman–Crippen MR) is 99.2 cm³/mol. The van der Waals surface area contributed by atoms with Gasteiger partial charge in [0.25, 0.3) is 5.91 Å². The maximum atomic E-state index is 12.2.